The van der Waals surface area contributed by atoms with Gasteiger partial charge in [-0.2, -0.15) is 0 Å². The molecule has 0 aliphatic carbocycles. The van der Waals surface area contributed by atoms with Crippen molar-refractivity contribution < 1.29 is 14.0 Å². The number of hydrogen-bond acceptors (Lipinski definition) is 3. The molecular weight excluding hydrogens is 304 g/mol. The monoisotopic (exact) mass is 332 g/mol. The van der Waals surface area contributed by atoms with Gasteiger partial charge in [-0.3, -0.25) is 9.59 Å². The van der Waals surface area contributed by atoms with Crippen molar-refractivity contribution in [1.82, 2.24) is 9.80 Å². The van der Waals surface area contributed by atoms with Crippen molar-refractivity contribution in [3.63, 3.8) is 0 Å². The van der Waals surface area contributed by atoms with E-state index in [-0.39, 0.29) is 5.91 Å². The zero-order valence-corrected chi connectivity index (χ0v) is 14.6. The topological polar surface area (TPSA) is 53.8 Å². The van der Waals surface area contributed by atoms with Crippen LogP contribution in [0.5, 0.6) is 0 Å². The first kappa shape index (κ1) is 17.1. The SMILES string of the molecule is CCCCN1C(=O)CC[C@H]2CN(C(=O)CCc3ccco3)CC[C@H]21. The zero-order valence-electron chi connectivity index (χ0n) is 14.6. The van der Waals surface area contributed by atoms with Gasteiger partial charge in [-0.25, -0.2) is 0 Å². The van der Waals surface area contributed by atoms with Crippen LogP contribution in [0.4, 0.5) is 0 Å². The van der Waals surface area contributed by atoms with Crippen LogP contribution in [-0.2, 0) is 16.0 Å². The lowest BCUT2D eigenvalue weighted by Crippen LogP contribution is -2.57. The Morgan fingerprint density at radius 1 is 1.38 bits per heavy atom. The maximum atomic E-state index is 12.5. The lowest BCUT2D eigenvalue weighted by molar-refractivity contribution is -0.144. The van der Waals surface area contributed by atoms with Gasteiger partial charge in [-0.15, -0.1) is 0 Å². The van der Waals surface area contributed by atoms with Crippen LogP contribution in [0.3, 0.4) is 0 Å². The Hall–Kier alpha value is -1.78. The van der Waals surface area contributed by atoms with Crippen LogP contribution in [0.25, 0.3) is 0 Å². The van der Waals surface area contributed by atoms with Gasteiger partial charge in [-0.05, 0) is 37.3 Å². The van der Waals surface area contributed by atoms with Crippen LogP contribution in [0.15, 0.2) is 22.8 Å². The second kappa shape index (κ2) is 7.86. The molecule has 132 valence electrons. The van der Waals surface area contributed by atoms with E-state index in [0.29, 0.717) is 37.1 Å². The highest BCUT2D eigenvalue weighted by Gasteiger charge is 2.39. The van der Waals surface area contributed by atoms with Gasteiger partial charge < -0.3 is 14.2 Å². The lowest BCUT2D eigenvalue weighted by Gasteiger charge is -2.47. The van der Waals surface area contributed by atoms with Crippen molar-refractivity contribution >= 4 is 11.8 Å². The normalized spacial score (nSPS) is 24.1. The van der Waals surface area contributed by atoms with Gasteiger partial charge in [0.1, 0.15) is 5.76 Å². The quantitative estimate of drug-likeness (QED) is 0.805. The van der Waals surface area contributed by atoms with Crippen molar-refractivity contribution in [2.24, 2.45) is 5.92 Å². The third kappa shape index (κ3) is 3.82. The predicted molar refractivity (Wildman–Crippen MR) is 91.4 cm³/mol. The fourth-order valence-electron chi connectivity index (χ4n) is 4.04. The Kier molecular flexibility index (Phi) is 5.59. The minimum Gasteiger partial charge on any atom is -0.469 e. The van der Waals surface area contributed by atoms with Gasteiger partial charge in [0, 0.05) is 44.9 Å². The molecule has 2 amide bonds. The summed E-state index contributed by atoms with van der Waals surface area (Å²) in [5, 5.41) is 0. The largest absolute Gasteiger partial charge is 0.469 e. The highest BCUT2D eigenvalue weighted by molar-refractivity contribution is 5.78. The van der Waals surface area contributed by atoms with Crippen LogP contribution in [0, 0.1) is 5.92 Å². The van der Waals surface area contributed by atoms with Gasteiger partial charge >= 0.3 is 0 Å². The van der Waals surface area contributed by atoms with Gasteiger partial charge in [0.25, 0.3) is 0 Å². The number of aryl methyl sites for hydroxylation is 1. The minimum atomic E-state index is 0.210. The molecule has 2 atom stereocenters. The third-order valence-electron chi connectivity index (χ3n) is 5.41. The molecule has 1 aromatic rings. The first-order chi connectivity index (χ1) is 11.7. The smallest absolute Gasteiger partial charge is 0.223 e. The Bertz CT molecular complexity index is 555. The molecule has 5 heteroatoms. The van der Waals surface area contributed by atoms with Gasteiger partial charge in [-0.1, -0.05) is 13.3 Å². The van der Waals surface area contributed by atoms with Gasteiger partial charge in [0.15, 0.2) is 0 Å². The third-order valence-corrected chi connectivity index (χ3v) is 5.41. The molecule has 0 N–H and O–H groups in total. The number of carbonyl (C=O) groups excluding carboxylic acids is 2. The number of fused-ring (bicyclic) bond motifs is 1. The molecule has 2 aliphatic rings. The number of furan rings is 1. The molecule has 0 bridgehead atoms. The van der Waals surface area contributed by atoms with E-state index in [9.17, 15) is 9.59 Å². The Morgan fingerprint density at radius 3 is 3.00 bits per heavy atom. The molecular formula is C19H28N2O3. The molecule has 2 fully saturated rings. The Balaban J connectivity index is 1.54. The van der Waals surface area contributed by atoms with E-state index in [1.165, 1.54) is 0 Å². The van der Waals surface area contributed by atoms with Gasteiger partial charge in [0.2, 0.25) is 11.8 Å². The average Bonchev–Trinajstić information content (AvgIpc) is 3.12. The molecule has 0 radical (unpaired) electrons. The maximum Gasteiger partial charge on any atom is 0.223 e. The molecule has 0 saturated carbocycles. The first-order valence-corrected chi connectivity index (χ1v) is 9.28. The van der Waals surface area contributed by atoms with Crippen molar-refractivity contribution in [2.75, 3.05) is 19.6 Å². The number of amides is 2. The van der Waals surface area contributed by atoms with Crippen molar-refractivity contribution in [2.45, 2.75) is 57.9 Å². The number of likely N-dealkylation sites (tertiary alicyclic amines) is 2. The zero-order chi connectivity index (χ0) is 16.9. The molecule has 1 aromatic heterocycles. The standard InChI is InChI=1S/C19H28N2O3/c1-2-3-11-21-17-10-12-20(14-15(17)6-8-19(21)23)18(22)9-7-16-5-4-13-24-16/h4-5,13,15,17H,2-3,6-12,14H2,1H3/t15-,17+/m0/s1. The molecule has 3 heterocycles. The summed E-state index contributed by atoms with van der Waals surface area (Å²) in [5.74, 6) is 1.83. The number of carbonyl (C=O) groups is 2. The molecule has 3 rings (SSSR count). The van der Waals surface area contributed by atoms with Crippen LogP contribution in [0.2, 0.25) is 0 Å². The first-order valence-electron chi connectivity index (χ1n) is 9.28. The lowest BCUT2D eigenvalue weighted by atomic mass is 9.83. The van der Waals surface area contributed by atoms with Crippen molar-refractivity contribution in [3.8, 4) is 0 Å². The minimum absolute atomic E-state index is 0.210. The molecule has 0 spiro atoms. The molecule has 2 aliphatic heterocycles. The van der Waals surface area contributed by atoms with E-state index in [2.05, 4.69) is 11.8 Å². The Labute approximate surface area is 144 Å². The van der Waals surface area contributed by atoms with E-state index >= 15 is 0 Å². The van der Waals surface area contributed by atoms with Crippen LogP contribution >= 0.6 is 0 Å². The van der Waals surface area contributed by atoms with E-state index in [1.807, 2.05) is 17.0 Å². The Morgan fingerprint density at radius 2 is 2.25 bits per heavy atom. The summed E-state index contributed by atoms with van der Waals surface area (Å²) in [6.07, 6.45) is 7.48. The predicted octanol–water partition coefficient (Wildman–Crippen LogP) is 2.85. The summed E-state index contributed by atoms with van der Waals surface area (Å²) in [6, 6.07) is 4.11. The molecule has 0 unspecified atom stereocenters. The number of nitrogens with zero attached hydrogens (tertiary/aromatic N) is 2. The molecule has 2 saturated heterocycles. The van der Waals surface area contributed by atoms with Gasteiger partial charge in [0.05, 0.1) is 6.26 Å². The second-order valence-corrected chi connectivity index (χ2v) is 7.01. The van der Waals surface area contributed by atoms with Crippen LogP contribution in [-0.4, -0.2) is 47.3 Å². The summed E-state index contributed by atoms with van der Waals surface area (Å²) in [6.45, 7) is 4.61. The number of piperidine rings is 2. The number of rotatable bonds is 6. The number of unbranched alkanes of at least 4 members (excludes halogenated alkanes) is 1. The second-order valence-electron chi connectivity index (χ2n) is 7.01. The number of hydrogen-bond donors (Lipinski definition) is 0. The molecule has 5 nitrogen and oxygen atoms in total. The van der Waals surface area contributed by atoms with Crippen molar-refractivity contribution in [1.29, 1.82) is 0 Å². The summed E-state index contributed by atoms with van der Waals surface area (Å²) in [7, 11) is 0. The van der Waals surface area contributed by atoms with E-state index in [0.717, 1.165) is 51.1 Å². The van der Waals surface area contributed by atoms with Crippen LogP contribution in [0.1, 0.15) is 51.2 Å². The summed E-state index contributed by atoms with van der Waals surface area (Å²) < 4.78 is 5.31. The molecule has 24 heavy (non-hydrogen) atoms. The summed E-state index contributed by atoms with van der Waals surface area (Å²) in [4.78, 5) is 28.8. The average molecular weight is 332 g/mol. The summed E-state index contributed by atoms with van der Waals surface area (Å²) >= 11 is 0. The fraction of sp³-hybridized carbons (Fsp3) is 0.684. The highest BCUT2D eigenvalue weighted by atomic mass is 16.3. The fourth-order valence-corrected chi connectivity index (χ4v) is 4.04. The highest BCUT2D eigenvalue weighted by Crippen LogP contribution is 2.31. The van der Waals surface area contributed by atoms with Crippen molar-refractivity contribution in [3.05, 3.63) is 24.2 Å². The van der Waals surface area contributed by atoms with Crippen LogP contribution < -0.4 is 0 Å². The van der Waals surface area contributed by atoms with E-state index < -0.39 is 0 Å². The van der Waals surface area contributed by atoms with E-state index in [1.54, 1.807) is 6.26 Å². The summed E-state index contributed by atoms with van der Waals surface area (Å²) in [5.41, 5.74) is 0. The van der Waals surface area contributed by atoms with E-state index in [4.69, 9.17) is 4.42 Å². The molecule has 0 aromatic carbocycles. The maximum absolute atomic E-state index is 12.5.